The van der Waals surface area contributed by atoms with E-state index in [9.17, 15) is 0 Å². The van der Waals surface area contributed by atoms with Crippen molar-refractivity contribution in [2.45, 2.75) is 0 Å². The molecule has 0 atom stereocenters. The van der Waals surface area contributed by atoms with E-state index in [-0.39, 0.29) is 0 Å². The molecule has 0 radical (unpaired) electrons. The van der Waals surface area contributed by atoms with Crippen LogP contribution in [0.25, 0.3) is 64.6 Å². The van der Waals surface area contributed by atoms with Crippen molar-refractivity contribution in [2.75, 3.05) is 0 Å². The molecule has 0 aliphatic heterocycles. The van der Waals surface area contributed by atoms with Crippen LogP contribution in [0, 0.1) is 0 Å². The molecule has 7 aromatic carbocycles. The highest BCUT2D eigenvalue weighted by molar-refractivity contribution is 6.29. The van der Waals surface area contributed by atoms with Gasteiger partial charge in [-0.1, -0.05) is 97.1 Å². The van der Waals surface area contributed by atoms with Gasteiger partial charge in [-0.05, 0) is 76.8 Å². The molecule has 0 saturated heterocycles. The molecule has 30 heavy (non-hydrogen) atoms. The van der Waals surface area contributed by atoms with Gasteiger partial charge in [-0.15, -0.1) is 0 Å². The molecule has 0 heterocycles. The largest absolute Gasteiger partial charge is 0.0616 e. The van der Waals surface area contributed by atoms with Gasteiger partial charge in [0.25, 0.3) is 0 Å². The fourth-order valence-electron chi connectivity index (χ4n) is 5.22. The maximum atomic E-state index is 2.41. The van der Waals surface area contributed by atoms with Gasteiger partial charge in [0.15, 0.2) is 0 Å². The van der Waals surface area contributed by atoms with Crippen LogP contribution in [-0.2, 0) is 0 Å². The lowest BCUT2D eigenvalue weighted by Gasteiger charge is -2.13. The van der Waals surface area contributed by atoms with E-state index in [0.717, 1.165) is 0 Å². The van der Waals surface area contributed by atoms with Crippen molar-refractivity contribution in [3.05, 3.63) is 109 Å². The second-order valence-electron chi connectivity index (χ2n) is 8.16. The maximum absolute atomic E-state index is 2.41. The Morgan fingerprint density at radius 2 is 0.667 bits per heavy atom. The Kier molecular flexibility index (Phi) is 3.09. The van der Waals surface area contributed by atoms with E-state index in [4.69, 9.17) is 0 Å². The summed E-state index contributed by atoms with van der Waals surface area (Å²) < 4.78 is 0. The second kappa shape index (κ2) is 5.81. The Morgan fingerprint density at radius 3 is 1.33 bits per heavy atom. The highest BCUT2D eigenvalue weighted by Crippen LogP contribution is 2.39. The van der Waals surface area contributed by atoms with Crippen LogP contribution in [0.2, 0.25) is 0 Å². The van der Waals surface area contributed by atoms with Gasteiger partial charge >= 0.3 is 0 Å². The minimum absolute atomic E-state index is 1.29. The quantitative estimate of drug-likeness (QED) is 0.183. The molecule has 0 aliphatic carbocycles. The molecule has 0 bridgehead atoms. The molecule has 0 aromatic heterocycles. The van der Waals surface area contributed by atoms with Crippen LogP contribution in [0.4, 0.5) is 0 Å². The average molecular weight is 378 g/mol. The summed E-state index contributed by atoms with van der Waals surface area (Å²) in [6.45, 7) is 0. The molecule has 0 heteroatoms. The Morgan fingerprint density at radius 1 is 0.233 bits per heavy atom. The molecule has 0 unspecified atom stereocenters. The van der Waals surface area contributed by atoms with Crippen LogP contribution in [0.3, 0.4) is 0 Å². The van der Waals surface area contributed by atoms with Crippen LogP contribution in [-0.4, -0.2) is 0 Å². The summed E-state index contributed by atoms with van der Waals surface area (Å²) in [5, 5.41) is 15.8. The Hall–Kier alpha value is -3.90. The summed E-state index contributed by atoms with van der Waals surface area (Å²) in [5.74, 6) is 0. The fraction of sp³-hybridized carbons (Fsp3) is 0. The summed E-state index contributed by atoms with van der Waals surface area (Å²) in [5.41, 5.74) is 0. The summed E-state index contributed by atoms with van der Waals surface area (Å²) >= 11 is 0. The smallest absolute Gasteiger partial charge is 0.00923 e. The number of hydrogen-bond acceptors (Lipinski definition) is 0. The van der Waals surface area contributed by atoms with Crippen molar-refractivity contribution < 1.29 is 0 Å². The van der Waals surface area contributed by atoms with Gasteiger partial charge in [-0.3, -0.25) is 0 Å². The van der Waals surface area contributed by atoms with E-state index in [1.54, 1.807) is 0 Å². The molecule has 7 rings (SSSR count). The van der Waals surface area contributed by atoms with E-state index in [1.165, 1.54) is 64.6 Å². The van der Waals surface area contributed by atoms with Gasteiger partial charge in [-0.25, -0.2) is 0 Å². The van der Waals surface area contributed by atoms with Gasteiger partial charge in [0, 0.05) is 0 Å². The Bertz CT molecular complexity index is 1790. The van der Waals surface area contributed by atoms with Crippen molar-refractivity contribution in [3.8, 4) is 0 Å². The molecular formula is C30H18. The van der Waals surface area contributed by atoms with Crippen LogP contribution in [0.15, 0.2) is 109 Å². The molecular weight excluding hydrogens is 360 g/mol. The molecule has 0 amide bonds. The lowest BCUT2D eigenvalue weighted by atomic mass is 9.90. The first-order valence-corrected chi connectivity index (χ1v) is 10.5. The SMILES string of the molecule is c1ccc2c(c1)ccc1c3cc4c5ccccc5c5ccccc5c4cc3ccc21. The van der Waals surface area contributed by atoms with E-state index < -0.39 is 0 Å². The van der Waals surface area contributed by atoms with Crippen molar-refractivity contribution in [3.63, 3.8) is 0 Å². The van der Waals surface area contributed by atoms with Crippen molar-refractivity contribution in [2.24, 2.45) is 0 Å². The first-order chi connectivity index (χ1) is 14.9. The minimum Gasteiger partial charge on any atom is -0.0616 e. The van der Waals surface area contributed by atoms with E-state index in [2.05, 4.69) is 109 Å². The standard InChI is InChI=1S/C30H18/c1-2-8-21-19(7-1)13-15-27-26(21)16-14-20-17-29-24-11-5-3-9-22(24)23-10-4-6-12-25(23)30(29)18-28(20)27/h1-18H. The highest BCUT2D eigenvalue weighted by Gasteiger charge is 2.11. The number of fused-ring (bicyclic) bond motifs is 11. The number of benzene rings is 7. The van der Waals surface area contributed by atoms with Crippen molar-refractivity contribution in [1.29, 1.82) is 0 Å². The minimum atomic E-state index is 1.29. The van der Waals surface area contributed by atoms with Gasteiger partial charge < -0.3 is 0 Å². The molecule has 0 N–H and O–H groups in total. The van der Waals surface area contributed by atoms with Gasteiger partial charge in [-0.2, -0.15) is 0 Å². The normalized spacial score (nSPS) is 12.0. The first-order valence-electron chi connectivity index (χ1n) is 10.5. The fourth-order valence-corrected chi connectivity index (χ4v) is 5.22. The third-order valence-electron chi connectivity index (χ3n) is 6.60. The Labute approximate surface area is 174 Å². The summed E-state index contributed by atoms with van der Waals surface area (Å²) in [4.78, 5) is 0. The number of hydrogen-bond donors (Lipinski definition) is 0. The van der Waals surface area contributed by atoms with Crippen LogP contribution >= 0.6 is 0 Å². The van der Waals surface area contributed by atoms with E-state index >= 15 is 0 Å². The van der Waals surface area contributed by atoms with Crippen LogP contribution in [0.1, 0.15) is 0 Å². The van der Waals surface area contributed by atoms with Crippen molar-refractivity contribution >= 4 is 64.6 Å². The lowest BCUT2D eigenvalue weighted by molar-refractivity contribution is 1.78. The molecule has 0 spiro atoms. The van der Waals surface area contributed by atoms with E-state index in [1.807, 2.05) is 0 Å². The summed E-state index contributed by atoms with van der Waals surface area (Å²) in [7, 11) is 0. The predicted molar refractivity (Wildman–Crippen MR) is 131 cm³/mol. The molecule has 7 aromatic rings. The summed E-state index contributed by atoms with van der Waals surface area (Å²) in [6, 6.07) is 40.2. The molecule has 0 aliphatic rings. The highest BCUT2D eigenvalue weighted by atomic mass is 14.1. The zero-order chi connectivity index (χ0) is 19.7. The zero-order valence-electron chi connectivity index (χ0n) is 16.4. The van der Waals surface area contributed by atoms with E-state index in [0.29, 0.717) is 0 Å². The monoisotopic (exact) mass is 378 g/mol. The van der Waals surface area contributed by atoms with Gasteiger partial charge in [0.05, 0.1) is 0 Å². The topological polar surface area (TPSA) is 0 Å². The van der Waals surface area contributed by atoms with Crippen LogP contribution < -0.4 is 0 Å². The summed E-state index contributed by atoms with van der Waals surface area (Å²) in [6.07, 6.45) is 0. The molecule has 0 saturated carbocycles. The zero-order valence-corrected chi connectivity index (χ0v) is 16.4. The predicted octanol–water partition coefficient (Wildman–Crippen LogP) is 8.61. The lowest BCUT2D eigenvalue weighted by Crippen LogP contribution is -1.85. The first kappa shape index (κ1) is 16.0. The number of rotatable bonds is 0. The molecule has 0 fully saturated rings. The van der Waals surface area contributed by atoms with Crippen LogP contribution in [0.5, 0.6) is 0 Å². The molecule has 0 nitrogen and oxygen atoms in total. The molecule has 138 valence electrons. The third kappa shape index (κ3) is 2.06. The van der Waals surface area contributed by atoms with Gasteiger partial charge in [0.1, 0.15) is 0 Å². The second-order valence-corrected chi connectivity index (χ2v) is 8.16. The Balaban J connectivity index is 1.75. The average Bonchev–Trinajstić information content (AvgIpc) is 2.83. The van der Waals surface area contributed by atoms with Crippen molar-refractivity contribution in [1.82, 2.24) is 0 Å². The maximum Gasteiger partial charge on any atom is -0.00923 e. The third-order valence-corrected chi connectivity index (χ3v) is 6.60. The van der Waals surface area contributed by atoms with Gasteiger partial charge in [0.2, 0.25) is 0 Å².